The maximum absolute atomic E-state index is 10.1. The molecule has 1 heterocycles. The fraction of sp³-hybridized carbons (Fsp3) is 0. The first-order valence-corrected chi connectivity index (χ1v) is 3.99. The second-order valence-electron chi connectivity index (χ2n) is 1.79. The van der Waals surface area contributed by atoms with Gasteiger partial charge in [-0.1, -0.05) is 11.6 Å². The van der Waals surface area contributed by atoms with Gasteiger partial charge in [-0.25, -0.2) is 9.78 Å². The van der Waals surface area contributed by atoms with E-state index in [-0.39, 0.29) is 10.9 Å². The summed E-state index contributed by atoms with van der Waals surface area (Å²) in [5.74, 6) is -0.126. The minimum atomic E-state index is -1.44. The molecule has 1 aromatic rings. The van der Waals surface area contributed by atoms with Crippen LogP contribution in [0.25, 0.3) is 0 Å². The first-order valence-electron chi connectivity index (χ1n) is 2.82. The Labute approximate surface area is 81.3 Å². The normalized spacial score (nSPS) is 9.50. The average molecular weight is 252 g/mol. The minimum Gasteiger partial charge on any atom is -0.449 e. The summed E-state index contributed by atoms with van der Waals surface area (Å²) in [7, 11) is 0. The van der Waals surface area contributed by atoms with E-state index in [0.717, 1.165) is 0 Å². The zero-order chi connectivity index (χ0) is 9.14. The van der Waals surface area contributed by atoms with Gasteiger partial charge in [0.05, 0.1) is 0 Å². The average Bonchev–Trinajstić information content (AvgIpc) is 1.96. The van der Waals surface area contributed by atoms with E-state index in [1.165, 1.54) is 6.07 Å². The standard InChI is InChI=1S/C6H3BrClNO3/c7-4-2-1-3(8)5(9-4)12-6(10)11/h1-2H,(H,10,11). The van der Waals surface area contributed by atoms with Crippen molar-refractivity contribution in [2.75, 3.05) is 0 Å². The van der Waals surface area contributed by atoms with Crippen molar-refractivity contribution in [2.24, 2.45) is 0 Å². The van der Waals surface area contributed by atoms with Gasteiger partial charge in [-0.2, -0.15) is 0 Å². The molecule has 0 aliphatic heterocycles. The van der Waals surface area contributed by atoms with E-state index in [9.17, 15) is 4.79 Å². The van der Waals surface area contributed by atoms with Gasteiger partial charge < -0.3 is 9.84 Å². The Morgan fingerprint density at radius 2 is 2.33 bits per heavy atom. The van der Waals surface area contributed by atoms with Crippen LogP contribution in [0.4, 0.5) is 4.79 Å². The molecule has 0 saturated carbocycles. The predicted octanol–water partition coefficient (Wildman–Crippen LogP) is 2.55. The van der Waals surface area contributed by atoms with Crippen LogP contribution in [-0.4, -0.2) is 16.2 Å². The van der Waals surface area contributed by atoms with Crippen LogP contribution in [0.5, 0.6) is 5.88 Å². The predicted molar refractivity (Wildman–Crippen MR) is 45.6 cm³/mol. The molecule has 0 spiro atoms. The summed E-state index contributed by atoms with van der Waals surface area (Å²) in [4.78, 5) is 13.8. The Kier molecular flexibility index (Phi) is 2.88. The molecule has 64 valence electrons. The van der Waals surface area contributed by atoms with Crippen LogP contribution in [0.3, 0.4) is 0 Å². The fourth-order valence-electron chi connectivity index (χ4n) is 0.555. The van der Waals surface area contributed by atoms with Crippen LogP contribution < -0.4 is 4.74 Å². The molecule has 0 bridgehead atoms. The molecular formula is C6H3BrClNO3. The molecule has 0 unspecified atom stereocenters. The molecular weight excluding hydrogens is 249 g/mol. The molecule has 0 atom stereocenters. The summed E-state index contributed by atoms with van der Waals surface area (Å²) in [6, 6.07) is 3.06. The summed E-state index contributed by atoms with van der Waals surface area (Å²) in [5.41, 5.74) is 0. The van der Waals surface area contributed by atoms with Gasteiger partial charge in [0.15, 0.2) is 0 Å². The number of ether oxygens (including phenoxy) is 1. The maximum atomic E-state index is 10.1. The van der Waals surface area contributed by atoms with Crippen molar-refractivity contribution in [3.05, 3.63) is 21.8 Å². The quantitative estimate of drug-likeness (QED) is 0.616. The van der Waals surface area contributed by atoms with Crippen LogP contribution in [-0.2, 0) is 0 Å². The summed E-state index contributed by atoms with van der Waals surface area (Å²) in [6.45, 7) is 0. The lowest BCUT2D eigenvalue weighted by Crippen LogP contribution is -2.04. The van der Waals surface area contributed by atoms with Gasteiger partial charge in [0.25, 0.3) is 0 Å². The van der Waals surface area contributed by atoms with Gasteiger partial charge in [0.2, 0.25) is 5.88 Å². The first-order chi connectivity index (χ1) is 5.59. The molecule has 1 N–H and O–H groups in total. The van der Waals surface area contributed by atoms with Gasteiger partial charge in [-0.15, -0.1) is 0 Å². The highest BCUT2D eigenvalue weighted by Gasteiger charge is 2.07. The van der Waals surface area contributed by atoms with Crippen LogP contribution >= 0.6 is 27.5 Å². The Morgan fingerprint density at radius 3 is 2.92 bits per heavy atom. The van der Waals surface area contributed by atoms with Gasteiger partial charge in [0, 0.05) is 0 Å². The van der Waals surface area contributed by atoms with Gasteiger partial charge >= 0.3 is 6.16 Å². The number of aromatic nitrogens is 1. The Bertz CT molecular complexity index is 318. The molecule has 0 amide bonds. The van der Waals surface area contributed by atoms with E-state index >= 15 is 0 Å². The Balaban J connectivity index is 2.97. The lowest BCUT2D eigenvalue weighted by atomic mass is 10.5. The smallest absolute Gasteiger partial charge is 0.449 e. The highest BCUT2D eigenvalue weighted by Crippen LogP contribution is 2.23. The number of hydrogen-bond donors (Lipinski definition) is 1. The van der Waals surface area contributed by atoms with Crippen molar-refractivity contribution in [1.82, 2.24) is 4.98 Å². The first kappa shape index (κ1) is 9.28. The molecule has 12 heavy (non-hydrogen) atoms. The van der Waals surface area contributed by atoms with Gasteiger partial charge in [-0.05, 0) is 28.1 Å². The molecule has 1 rings (SSSR count). The number of halogens is 2. The minimum absolute atomic E-state index is 0.126. The molecule has 0 aromatic carbocycles. The van der Waals surface area contributed by atoms with Gasteiger partial charge in [-0.3, -0.25) is 0 Å². The van der Waals surface area contributed by atoms with Crippen molar-refractivity contribution in [2.45, 2.75) is 0 Å². The van der Waals surface area contributed by atoms with Crippen LogP contribution in [0.1, 0.15) is 0 Å². The van der Waals surface area contributed by atoms with Crippen molar-refractivity contribution < 1.29 is 14.6 Å². The third kappa shape index (κ3) is 2.35. The number of hydrogen-bond acceptors (Lipinski definition) is 3. The largest absolute Gasteiger partial charge is 0.512 e. The molecule has 0 saturated heterocycles. The van der Waals surface area contributed by atoms with Gasteiger partial charge in [0.1, 0.15) is 9.63 Å². The van der Waals surface area contributed by atoms with E-state index in [4.69, 9.17) is 16.7 Å². The monoisotopic (exact) mass is 251 g/mol. The van der Waals surface area contributed by atoms with E-state index in [0.29, 0.717) is 4.60 Å². The molecule has 4 nitrogen and oxygen atoms in total. The molecule has 6 heteroatoms. The molecule has 0 aliphatic carbocycles. The molecule has 0 fully saturated rings. The SMILES string of the molecule is O=C(O)Oc1nc(Br)ccc1Cl. The third-order valence-corrected chi connectivity index (χ3v) is 1.69. The second kappa shape index (κ2) is 3.73. The van der Waals surface area contributed by atoms with Crippen molar-refractivity contribution in [3.63, 3.8) is 0 Å². The Morgan fingerprint density at radius 1 is 1.67 bits per heavy atom. The van der Waals surface area contributed by atoms with Crippen molar-refractivity contribution in [1.29, 1.82) is 0 Å². The van der Waals surface area contributed by atoms with Crippen molar-refractivity contribution >= 4 is 33.7 Å². The number of carbonyl (C=O) groups is 1. The number of nitrogens with zero attached hydrogens (tertiary/aromatic N) is 1. The highest BCUT2D eigenvalue weighted by atomic mass is 79.9. The second-order valence-corrected chi connectivity index (χ2v) is 3.01. The van der Waals surface area contributed by atoms with E-state index in [2.05, 4.69) is 25.7 Å². The molecule has 0 radical (unpaired) electrons. The van der Waals surface area contributed by atoms with Crippen molar-refractivity contribution in [3.8, 4) is 5.88 Å². The van der Waals surface area contributed by atoms with E-state index in [1.807, 2.05) is 0 Å². The topological polar surface area (TPSA) is 59.4 Å². The lowest BCUT2D eigenvalue weighted by molar-refractivity contribution is 0.142. The summed E-state index contributed by atoms with van der Waals surface area (Å²) < 4.78 is 4.73. The Hall–Kier alpha value is -0.810. The summed E-state index contributed by atoms with van der Waals surface area (Å²) in [6.07, 6.45) is -1.44. The highest BCUT2D eigenvalue weighted by molar-refractivity contribution is 9.10. The number of pyridine rings is 1. The number of rotatable bonds is 1. The molecule has 0 aliphatic rings. The fourth-order valence-corrected chi connectivity index (χ4v) is 0.992. The third-order valence-electron chi connectivity index (χ3n) is 0.964. The summed E-state index contributed by atoms with van der Waals surface area (Å²) in [5, 5.41) is 8.40. The van der Waals surface area contributed by atoms with Crippen LogP contribution in [0.15, 0.2) is 16.7 Å². The zero-order valence-electron chi connectivity index (χ0n) is 5.62. The lowest BCUT2D eigenvalue weighted by Gasteiger charge is -2.00. The zero-order valence-corrected chi connectivity index (χ0v) is 7.96. The summed E-state index contributed by atoms with van der Waals surface area (Å²) >= 11 is 8.61. The van der Waals surface area contributed by atoms with Crippen LogP contribution in [0.2, 0.25) is 5.02 Å². The molecule has 1 aromatic heterocycles. The number of carboxylic acid groups (broad SMARTS) is 1. The van der Waals surface area contributed by atoms with E-state index in [1.54, 1.807) is 6.07 Å². The maximum Gasteiger partial charge on any atom is 0.512 e. The van der Waals surface area contributed by atoms with Crippen LogP contribution in [0, 0.1) is 0 Å². The van der Waals surface area contributed by atoms with E-state index < -0.39 is 6.16 Å².